The highest BCUT2D eigenvalue weighted by Crippen LogP contribution is 2.44. The predicted octanol–water partition coefficient (Wildman–Crippen LogP) is 11.5. The van der Waals surface area contributed by atoms with Gasteiger partial charge in [-0.15, -0.1) is 0 Å². The fraction of sp³-hybridized carbons (Fsp3) is 0.0488. The Hall–Kier alpha value is -5.47. The van der Waals surface area contributed by atoms with Crippen LogP contribution in [0.3, 0.4) is 0 Å². The molecule has 7 rings (SSSR count). The quantitative estimate of drug-likeness (QED) is 0.124. The summed E-state index contributed by atoms with van der Waals surface area (Å²) in [7, 11) is 0. The van der Waals surface area contributed by atoms with Crippen LogP contribution in [0.1, 0.15) is 13.3 Å². The molecule has 2 heteroatoms. The number of para-hydroxylation sites is 1. The van der Waals surface area contributed by atoms with E-state index in [1.165, 1.54) is 49.4 Å². The van der Waals surface area contributed by atoms with Gasteiger partial charge in [-0.05, 0) is 79.2 Å². The van der Waals surface area contributed by atoms with E-state index >= 15 is 0 Å². The molecule has 1 N–H and O–H groups in total. The van der Waals surface area contributed by atoms with Gasteiger partial charge in [0.15, 0.2) is 0 Å². The molecular formula is C41H32N2. The van der Waals surface area contributed by atoms with Crippen molar-refractivity contribution in [1.29, 1.82) is 5.41 Å². The Morgan fingerprint density at radius 2 is 0.767 bits per heavy atom. The second-order valence-electron chi connectivity index (χ2n) is 10.8. The number of hydrogen-bond donors (Lipinski definition) is 1. The average molecular weight is 553 g/mol. The van der Waals surface area contributed by atoms with E-state index in [2.05, 4.69) is 140 Å². The van der Waals surface area contributed by atoms with Crippen LogP contribution in [-0.4, -0.2) is 5.84 Å². The Bertz CT molecular complexity index is 1990. The van der Waals surface area contributed by atoms with E-state index in [1.54, 1.807) is 0 Å². The Morgan fingerprint density at radius 3 is 1.23 bits per heavy atom. The van der Waals surface area contributed by atoms with E-state index in [-0.39, 0.29) is 0 Å². The van der Waals surface area contributed by atoms with Crippen molar-refractivity contribution >= 4 is 38.8 Å². The normalized spacial score (nSPS) is 11.1. The van der Waals surface area contributed by atoms with Gasteiger partial charge in [0.2, 0.25) is 0 Å². The number of rotatable bonds is 6. The van der Waals surface area contributed by atoms with Crippen LogP contribution in [0.2, 0.25) is 0 Å². The van der Waals surface area contributed by atoms with Crippen molar-refractivity contribution in [1.82, 2.24) is 0 Å². The third kappa shape index (κ3) is 4.87. The monoisotopic (exact) mass is 552 g/mol. The van der Waals surface area contributed by atoms with Crippen molar-refractivity contribution in [2.45, 2.75) is 13.3 Å². The van der Waals surface area contributed by atoms with E-state index < -0.39 is 0 Å². The minimum absolute atomic E-state index is 0.567. The van der Waals surface area contributed by atoms with Crippen LogP contribution in [0.4, 0.5) is 11.4 Å². The minimum atomic E-state index is 0.567. The first-order chi connectivity index (χ1) is 21.2. The van der Waals surface area contributed by atoms with E-state index in [0.29, 0.717) is 12.3 Å². The van der Waals surface area contributed by atoms with Crippen molar-refractivity contribution in [3.05, 3.63) is 158 Å². The molecule has 0 unspecified atom stereocenters. The molecule has 0 spiro atoms. The highest BCUT2D eigenvalue weighted by molar-refractivity contribution is 6.21. The molecule has 0 saturated carbocycles. The van der Waals surface area contributed by atoms with Crippen LogP contribution in [0.15, 0.2) is 158 Å². The standard InChI is InChI=1S/C41H32N2/c1-2-39(42)43(33-15-7-4-8-16-33)34-27-25-32(26-28-34)41-37-19-11-9-17-35(37)40(36-18-10-12-20-38(36)41)31-23-21-30(22-24-31)29-13-5-3-6-14-29/h3-28,42H,2H2,1H3. The first kappa shape index (κ1) is 26.4. The summed E-state index contributed by atoms with van der Waals surface area (Å²) in [6.07, 6.45) is 0.652. The lowest BCUT2D eigenvalue weighted by molar-refractivity contribution is 1.16. The number of anilines is 2. The van der Waals surface area contributed by atoms with Crippen LogP contribution in [-0.2, 0) is 0 Å². The molecule has 7 aromatic rings. The molecule has 0 bridgehead atoms. The van der Waals surface area contributed by atoms with Crippen LogP contribution >= 0.6 is 0 Å². The summed E-state index contributed by atoms with van der Waals surface area (Å²) < 4.78 is 0. The zero-order valence-electron chi connectivity index (χ0n) is 24.2. The molecule has 0 atom stereocenters. The Kier molecular flexibility index (Phi) is 7.02. The lowest BCUT2D eigenvalue weighted by atomic mass is 9.85. The maximum absolute atomic E-state index is 8.70. The number of hydrogen-bond acceptors (Lipinski definition) is 1. The Balaban J connectivity index is 1.38. The number of amidine groups is 1. The van der Waals surface area contributed by atoms with Gasteiger partial charge in [-0.2, -0.15) is 0 Å². The van der Waals surface area contributed by atoms with E-state index in [9.17, 15) is 0 Å². The molecule has 0 heterocycles. The second kappa shape index (κ2) is 11.4. The first-order valence-electron chi connectivity index (χ1n) is 14.9. The van der Waals surface area contributed by atoms with Gasteiger partial charge >= 0.3 is 0 Å². The molecule has 0 saturated heterocycles. The molecule has 0 aromatic heterocycles. The molecule has 0 aliphatic carbocycles. The smallest absolute Gasteiger partial charge is 0.105 e. The Morgan fingerprint density at radius 1 is 0.419 bits per heavy atom. The van der Waals surface area contributed by atoms with Gasteiger partial charge in [-0.25, -0.2) is 0 Å². The second-order valence-corrected chi connectivity index (χ2v) is 10.8. The molecule has 0 aliphatic rings. The summed E-state index contributed by atoms with van der Waals surface area (Å²) in [6, 6.07) is 55.9. The summed E-state index contributed by atoms with van der Waals surface area (Å²) in [5.74, 6) is 0.567. The van der Waals surface area contributed by atoms with E-state index in [4.69, 9.17) is 5.41 Å². The van der Waals surface area contributed by atoms with Gasteiger partial charge in [-0.3, -0.25) is 10.3 Å². The van der Waals surface area contributed by atoms with E-state index in [1.807, 2.05) is 30.0 Å². The maximum atomic E-state index is 8.70. The summed E-state index contributed by atoms with van der Waals surface area (Å²) in [6.45, 7) is 2.03. The van der Waals surface area contributed by atoms with Crippen LogP contribution in [0.25, 0.3) is 54.9 Å². The predicted molar refractivity (Wildman–Crippen MR) is 184 cm³/mol. The summed E-state index contributed by atoms with van der Waals surface area (Å²) in [5.41, 5.74) is 9.31. The van der Waals surface area contributed by atoms with Crippen molar-refractivity contribution in [2.24, 2.45) is 0 Å². The number of fused-ring (bicyclic) bond motifs is 2. The Labute approximate surface area is 253 Å². The van der Waals surface area contributed by atoms with Crippen molar-refractivity contribution in [2.75, 3.05) is 4.90 Å². The molecule has 0 fully saturated rings. The summed E-state index contributed by atoms with van der Waals surface area (Å²) >= 11 is 0. The zero-order valence-corrected chi connectivity index (χ0v) is 24.2. The molecule has 206 valence electrons. The molecule has 0 radical (unpaired) electrons. The fourth-order valence-electron chi connectivity index (χ4n) is 6.18. The van der Waals surface area contributed by atoms with Crippen molar-refractivity contribution < 1.29 is 0 Å². The highest BCUT2D eigenvalue weighted by Gasteiger charge is 2.18. The fourth-order valence-corrected chi connectivity index (χ4v) is 6.18. The molecular weight excluding hydrogens is 520 g/mol. The van der Waals surface area contributed by atoms with E-state index in [0.717, 1.165) is 16.9 Å². The lowest BCUT2D eigenvalue weighted by Crippen LogP contribution is -2.24. The van der Waals surface area contributed by atoms with Crippen molar-refractivity contribution in [3.63, 3.8) is 0 Å². The number of nitrogens with zero attached hydrogens (tertiary/aromatic N) is 1. The molecule has 7 aromatic carbocycles. The molecule has 0 aliphatic heterocycles. The van der Waals surface area contributed by atoms with Gasteiger partial charge in [0.05, 0.1) is 0 Å². The molecule has 43 heavy (non-hydrogen) atoms. The van der Waals surface area contributed by atoms with Gasteiger partial charge < -0.3 is 0 Å². The van der Waals surface area contributed by atoms with Crippen LogP contribution in [0, 0.1) is 5.41 Å². The largest absolute Gasteiger partial charge is 0.299 e. The number of benzene rings is 7. The first-order valence-corrected chi connectivity index (χ1v) is 14.9. The highest BCUT2D eigenvalue weighted by atomic mass is 15.2. The minimum Gasteiger partial charge on any atom is -0.299 e. The lowest BCUT2D eigenvalue weighted by Gasteiger charge is -2.25. The van der Waals surface area contributed by atoms with Gasteiger partial charge in [0.25, 0.3) is 0 Å². The maximum Gasteiger partial charge on any atom is 0.105 e. The van der Waals surface area contributed by atoms with Crippen LogP contribution < -0.4 is 4.90 Å². The van der Waals surface area contributed by atoms with Gasteiger partial charge in [0.1, 0.15) is 5.84 Å². The third-order valence-electron chi connectivity index (χ3n) is 8.25. The number of nitrogens with one attached hydrogen (secondary N) is 1. The summed E-state index contributed by atoms with van der Waals surface area (Å²) in [4.78, 5) is 2.03. The van der Waals surface area contributed by atoms with Crippen LogP contribution in [0.5, 0.6) is 0 Å². The van der Waals surface area contributed by atoms with Gasteiger partial charge in [-0.1, -0.05) is 140 Å². The van der Waals surface area contributed by atoms with Crippen molar-refractivity contribution in [3.8, 4) is 33.4 Å². The summed E-state index contributed by atoms with van der Waals surface area (Å²) in [5, 5.41) is 13.6. The average Bonchev–Trinajstić information content (AvgIpc) is 3.08. The SMILES string of the molecule is CCC(=N)N(c1ccccc1)c1ccc(-c2c3ccccc3c(-c3ccc(-c4ccccc4)cc3)c3ccccc23)cc1. The zero-order chi connectivity index (χ0) is 29.2. The molecule has 0 amide bonds. The topological polar surface area (TPSA) is 27.1 Å². The van der Waals surface area contributed by atoms with Gasteiger partial charge in [0, 0.05) is 17.8 Å². The third-order valence-corrected chi connectivity index (χ3v) is 8.25. The molecule has 2 nitrogen and oxygen atoms in total.